The summed E-state index contributed by atoms with van der Waals surface area (Å²) in [6.45, 7) is 2.95. The maximum absolute atomic E-state index is 11.4. The van der Waals surface area contributed by atoms with Crippen molar-refractivity contribution >= 4 is 38.4 Å². The Balaban J connectivity index is 1.76. The summed E-state index contributed by atoms with van der Waals surface area (Å²) in [5.41, 5.74) is 0. The van der Waals surface area contributed by atoms with Gasteiger partial charge in [-0.05, 0) is 10.3 Å². The second kappa shape index (κ2) is 5.12. The molecule has 0 N–H and O–H groups in total. The van der Waals surface area contributed by atoms with E-state index in [-0.39, 0.29) is 11.2 Å². The third kappa shape index (κ3) is 2.58. The maximum Gasteiger partial charge on any atom is 0.319 e. The molecule has 3 nitrogen and oxygen atoms in total. The van der Waals surface area contributed by atoms with Crippen LogP contribution in [0.5, 0.6) is 0 Å². The number of carbonyl (C=O) groups is 1. The molecule has 0 amide bonds. The van der Waals surface area contributed by atoms with Crippen molar-refractivity contribution in [1.29, 1.82) is 0 Å². The summed E-state index contributed by atoms with van der Waals surface area (Å²) in [6, 6.07) is 2.23. The van der Waals surface area contributed by atoms with Crippen LogP contribution in [0.25, 0.3) is 0 Å². The predicted octanol–water partition coefficient (Wildman–Crippen LogP) is 1.78. The molecule has 0 aliphatic carbocycles. The minimum Gasteiger partial charge on any atom is -0.465 e. The van der Waals surface area contributed by atoms with Gasteiger partial charge in [0.15, 0.2) is 0 Å². The lowest BCUT2D eigenvalue weighted by Crippen LogP contribution is -2.23. The monoisotopic (exact) mass is 288 g/mol. The van der Waals surface area contributed by atoms with E-state index in [9.17, 15) is 4.79 Å². The van der Waals surface area contributed by atoms with Crippen molar-refractivity contribution in [2.45, 2.75) is 28.7 Å². The van der Waals surface area contributed by atoms with Gasteiger partial charge in [-0.15, -0.1) is 0 Å². The minimum atomic E-state index is -0.0453. The molecule has 2 saturated heterocycles. The van der Waals surface area contributed by atoms with E-state index in [2.05, 4.69) is 10.6 Å². The van der Waals surface area contributed by atoms with Gasteiger partial charge in [0.2, 0.25) is 0 Å². The van der Waals surface area contributed by atoms with Crippen molar-refractivity contribution in [3.05, 3.63) is 10.7 Å². The number of cyclic esters (lactones) is 1. The van der Waals surface area contributed by atoms with Crippen molar-refractivity contribution < 1.29 is 9.53 Å². The number of thioether (sulfide) groups is 1. The van der Waals surface area contributed by atoms with E-state index in [1.165, 1.54) is 34.8 Å². The highest BCUT2D eigenvalue weighted by Gasteiger charge is 2.28. The number of carbonyl (C=O) groups excluding carboxylic acids is 1. The quantitative estimate of drug-likeness (QED) is 0.472. The molecule has 3 heterocycles. The summed E-state index contributed by atoms with van der Waals surface area (Å²) < 4.78 is 10.0. The molecule has 0 spiro atoms. The van der Waals surface area contributed by atoms with Crippen LogP contribution < -0.4 is 9.25 Å². The number of nitrogens with zero attached hydrogens (tertiary/aromatic N) is 1. The van der Waals surface area contributed by atoms with Gasteiger partial charge in [0.25, 0.3) is 4.67 Å². The van der Waals surface area contributed by atoms with Crippen LogP contribution >= 0.6 is 32.4 Å². The Morgan fingerprint density at radius 2 is 2.18 bits per heavy atom. The predicted molar refractivity (Wildman–Crippen MR) is 71.7 cm³/mol. The highest BCUT2D eigenvalue weighted by atomic mass is 32.9. The third-order valence-electron chi connectivity index (χ3n) is 3.01. The standard InChI is InChI=1S/C11H14NO2S3/c13-11-8(3-6-14-11)15-10-7-9(16-17-10)12-4-1-2-5-12/h7-8H,1-6H2/q+1. The Bertz CT molecular complexity index is 483. The summed E-state index contributed by atoms with van der Waals surface area (Å²) in [5.74, 6) is -0.0453. The molecule has 92 valence electrons. The zero-order valence-electron chi connectivity index (χ0n) is 9.39. The fraction of sp³-hybridized carbons (Fsp3) is 0.636. The van der Waals surface area contributed by atoms with Crippen LogP contribution in [0.4, 0.5) is 0 Å². The molecule has 2 fully saturated rings. The minimum absolute atomic E-state index is 0.0206. The summed E-state index contributed by atoms with van der Waals surface area (Å²) in [4.78, 5) is 11.4. The van der Waals surface area contributed by atoms with Crippen molar-refractivity contribution in [2.24, 2.45) is 0 Å². The molecule has 3 rings (SSSR count). The number of esters is 1. The molecular weight excluding hydrogens is 274 g/mol. The average Bonchev–Trinajstić information content (AvgIpc) is 3.02. The Hall–Kier alpha value is -0.330. The van der Waals surface area contributed by atoms with Gasteiger partial charge >= 0.3 is 5.97 Å². The number of ether oxygens (including phenoxy) is 1. The lowest BCUT2D eigenvalue weighted by Gasteiger charge is -2.00. The molecule has 17 heavy (non-hydrogen) atoms. The van der Waals surface area contributed by atoms with Crippen LogP contribution in [-0.4, -0.2) is 30.9 Å². The first-order valence-electron chi connectivity index (χ1n) is 5.84. The number of hydrogen-bond donors (Lipinski definition) is 0. The van der Waals surface area contributed by atoms with Gasteiger partial charge in [-0.1, -0.05) is 22.1 Å². The molecule has 1 aromatic rings. The van der Waals surface area contributed by atoms with Crippen LogP contribution in [-0.2, 0) is 9.53 Å². The highest BCUT2D eigenvalue weighted by molar-refractivity contribution is 8.03. The van der Waals surface area contributed by atoms with Gasteiger partial charge in [-0.3, -0.25) is 4.79 Å². The molecule has 6 heteroatoms. The Morgan fingerprint density at radius 3 is 2.88 bits per heavy atom. The van der Waals surface area contributed by atoms with Gasteiger partial charge in [-0.25, -0.2) is 4.58 Å². The van der Waals surface area contributed by atoms with E-state index in [0.29, 0.717) is 6.61 Å². The second-order valence-electron chi connectivity index (χ2n) is 4.23. The second-order valence-corrected chi connectivity index (χ2v) is 7.92. The summed E-state index contributed by atoms with van der Waals surface area (Å²) in [6.07, 6.45) is 3.46. The zero-order chi connectivity index (χ0) is 11.7. The van der Waals surface area contributed by atoms with Crippen molar-refractivity contribution in [1.82, 2.24) is 4.58 Å². The fourth-order valence-electron chi connectivity index (χ4n) is 2.09. The van der Waals surface area contributed by atoms with Gasteiger partial charge in [0.1, 0.15) is 18.3 Å². The van der Waals surface area contributed by atoms with Crippen molar-refractivity contribution in [3.8, 4) is 0 Å². The highest BCUT2D eigenvalue weighted by Crippen LogP contribution is 2.32. The van der Waals surface area contributed by atoms with Crippen molar-refractivity contribution in [2.75, 3.05) is 19.7 Å². The lowest BCUT2D eigenvalue weighted by molar-refractivity contribution is -0.137. The van der Waals surface area contributed by atoms with Crippen LogP contribution in [0.2, 0.25) is 0 Å². The van der Waals surface area contributed by atoms with Crippen LogP contribution in [0, 0.1) is 0 Å². The molecule has 2 aliphatic heterocycles. The molecule has 2 aliphatic rings. The van der Waals surface area contributed by atoms with Gasteiger partial charge < -0.3 is 4.74 Å². The summed E-state index contributed by atoms with van der Waals surface area (Å²) >= 11 is 1.67. The topological polar surface area (TPSA) is 29.3 Å². The molecule has 1 aromatic heterocycles. The largest absolute Gasteiger partial charge is 0.465 e. The third-order valence-corrected chi connectivity index (χ3v) is 7.15. The Labute approximate surface area is 112 Å². The van der Waals surface area contributed by atoms with Gasteiger partial charge in [0.05, 0.1) is 10.8 Å². The molecule has 0 saturated carbocycles. The van der Waals surface area contributed by atoms with E-state index in [1.807, 2.05) is 10.3 Å². The average molecular weight is 288 g/mol. The molecule has 0 radical (unpaired) electrons. The van der Waals surface area contributed by atoms with Crippen molar-refractivity contribution in [3.63, 3.8) is 0 Å². The summed E-state index contributed by atoms with van der Waals surface area (Å²) in [5, 5.41) is 0.0206. The van der Waals surface area contributed by atoms with Gasteiger partial charge in [0, 0.05) is 25.3 Å². The molecule has 1 unspecified atom stereocenters. The van der Waals surface area contributed by atoms with E-state index in [1.54, 1.807) is 22.1 Å². The Morgan fingerprint density at radius 1 is 1.35 bits per heavy atom. The van der Waals surface area contributed by atoms with E-state index >= 15 is 0 Å². The summed E-state index contributed by atoms with van der Waals surface area (Å²) in [7, 11) is 3.61. The van der Waals surface area contributed by atoms with Crippen LogP contribution in [0.15, 0.2) is 10.3 Å². The molecule has 1 atom stereocenters. The number of hydrogen-bond acceptors (Lipinski definition) is 5. The van der Waals surface area contributed by atoms with Crippen LogP contribution in [0.3, 0.4) is 0 Å². The Kier molecular flexibility index (Phi) is 3.54. The first kappa shape index (κ1) is 11.7. The zero-order valence-corrected chi connectivity index (χ0v) is 11.8. The van der Waals surface area contributed by atoms with E-state index < -0.39 is 0 Å². The van der Waals surface area contributed by atoms with E-state index in [4.69, 9.17) is 4.74 Å². The van der Waals surface area contributed by atoms with Crippen LogP contribution in [0.1, 0.15) is 19.3 Å². The smallest absolute Gasteiger partial charge is 0.319 e. The molecule has 0 aromatic carbocycles. The van der Waals surface area contributed by atoms with E-state index in [0.717, 1.165) is 6.42 Å². The lowest BCUT2D eigenvalue weighted by atomic mass is 10.4. The van der Waals surface area contributed by atoms with Gasteiger partial charge in [-0.2, -0.15) is 0 Å². The first-order chi connectivity index (χ1) is 8.33. The maximum atomic E-state index is 11.4. The normalized spacial score (nSPS) is 24.4. The number of rotatable bonds is 2. The molecular formula is C11H14NO2S3+. The molecule has 0 bridgehead atoms. The SMILES string of the molecule is O=C1OCCC1Sc1cc(=[N+]2CCCC2)ss1. The fourth-order valence-corrected chi connectivity index (χ4v) is 6.13. The first-order valence-corrected chi connectivity index (χ1v) is 8.87.